The Labute approximate surface area is 159 Å². The normalized spacial score (nSPS) is 24.0. The van der Waals surface area contributed by atoms with Crippen LogP contribution in [-0.4, -0.2) is 68.8 Å². The zero-order valence-corrected chi connectivity index (χ0v) is 17.0. The van der Waals surface area contributed by atoms with Crippen LogP contribution in [0.3, 0.4) is 0 Å². The van der Waals surface area contributed by atoms with Crippen molar-refractivity contribution in [2.75, 3.05) is 17.3 Å². The minimum Gasteiger partial charge on any atom is -0.335 e. The van der Waals surface area contributed by atoms with Crippen LogP contribution in [0.5, 0.6) is 0 Å². The number of tetrazole rings is 1. The lowest BCUT2D eigenvalue weighted by Gasteiger charge is -2.33. The fourth-order valence-electron chi connectivity index (χ4n) is 3.86. The average Bonchev–Trinajstić information content (AvgIpc) is 3.33. The highest BCUT2D eigenvalue weighted by atomic mass is 32.2. The minimum absolute atomic E-state index is 0.0206. The van der Waals surface area contributed by atoms with Gasteiger partial charge in [-0.25, -0.2) is 13.1 Å². The third-order valence-electron chi connectivity index (χ3n) is 5.41. The Morgan fingerprint density at radius 1 is 1.35 bits per heavy atom. The highest BCUT2D eigenvalue weighted by Gasteiger charge is 2.36. The molecule has 10 heteroatoms. The molecule has 146 valence electrons. The second kappa shape index (κ2) is 8.24. The van der Waals surface area contributed by atoms with E-state index in [4.69, 9.17) is 0 Å². The summed E-state index contributed by atoms with van der Waals surface area (Å²) in [5, 5.41) is 12.6. The Hall–Kier alpha value is -1.16. The number of carbonyl (C=O) groups excluding carboxylic acids is 1. The van der Waals surface area contributed by atoms with Crippen molar-refractivity contribution in [2.24, 2.45) is 0 Å². The summed E-state index contributed by atoms with van der Waals surface area (Å²) in [6, 6.07) is 0.134. The van der Waals surface area contributed by atoms with Crippen LogP contribution >= 0.6 is 11.8 Å². The van der Waals surface area contributed by atoms with Crippen molar-refractivity contribution in [1.29, 1.82) is 0 Å². The molecule has 26 heavy (non-hydrogen) atoms. The Morgan fingerprint density at radius 2 is 2.08 bits per heavy atom. The van der Waals surface area contributed by atoms with E-state index in [1.807, 2.05) is 18.5 Å². The van der Waals surface area contributed by atoms with E-state index in [-0.39, 0.29) is 35.2 Å². The number of carbonyl (C=O) groups is 1. The summed E-state index contributed by atoms with van der Waals surface area (Å²) in [6.07, 6.45) is 5.85. The van der Waals surface area contributed by atoms with Crippen LogP contribution in [-0.2, 0) is 14.6 Å². The number of aromatic nitrogens is 4. The third kappa shape index (κ3) is 4.39. The minimum atomic E-state index is -3.03. The molecule has 0 N–H and O–H groups in total. The fraction of sp³-hybridized carbons (Fsp3) is 0.875. The van der Waals surface area contributed by atoms with E-state index in [9.17, 15) is 13.2 Å². The fourth-order valence-corrected chi connectivity index (χ4v) is 6.39. The van der Waals surface area contributed by atoms with Gasteiger partial charge in [0, 0.05) is 12.1 Å². The molecule has 1 aromatic rings. The van der Waals surface area contributed by atoms with E-state index in [1.54, 1.807) is 4.90 Å². The molecular weight excluding hydrogens is 374 g/mol. The summed E-state index contributed by atoms with van der Waals surface area (Å²) in [4.78, 5) is 14.7. The van der Waals surface area contributed by atoms with Gasteiger partial charge < -0.3 is 4.90 Å². The molecule has 1 amide bonds. The van der Waals surface area contributed by atoms with Crippen molar-refractivity contribution in [3.63, 3.8) is 0 Å². The van der Waals surface area contributed by atoms with Gasteiger partial charge in [0.25, 0.3) is 0 Å². The SMILES string of the molecule is CCC(C)N(C(=O)CSc1nnnn1C1CCCC1)C1CCS(=O)(=O)C1. The molecule has 2 fully saturated rings. The number of hydrogen-bond acceptors (Lipinski definition) is 7. The zero-order chi connectivity index (χ0) is 18.7. The summed E-state index contributed by atoms with van der Waals surface area (Å²) in [5.41, 5.74) is 0. The molecule has 2 atom stereocenters. The van der Waals surface area contributed by atoms with Crippen molar-refractivity contribution in [3.05, 3.63) is 0 Å². The predicted molar refractivity (Wildman–Crippen MR) is 99.7 cm³/mol. The molecule has 0 bridgehead atoms. The van der Waals surface area contributed by atoms with Crippen molar-refractivity contribution in [2.45, 2.75) is 75.7 Å². The van der Waals surface area contributed by atoms with Gasteiger partial charge in [-0.1, -0.05) is 31.5 Å². The second-order valence-electron chi connectivity index (χ2n) is 7.25. The second-order valence-corrected chi connectivity index (χ2v) is 10.4. The van der Waals surface area contributed by atoms with Gasteiger partial charge in [-0.3, -0.25) is 4.79 Å². The van der Waals surface area contributed by atoms with Crippen LogP contribution in [0, 0.1) is 0 Å². The largest absolute Gasteiger partial charge is 0.335 e. The molecule has 8 nitrogen and oxygen atoms in total. The van der Waals surface area contributed by atoms with Crippen LogP contribution in [0.2, 0.25) is 0 Å². The van der Waals surface area contributed by atoms with Gasteiger partial charge in [-0.15, -0.1) is 5.10 Å². The first-order valence-electron chi connectivity index (χ1n) is 9.33. The van der Waals surface area contributed by atoms with Gasteiger partial charge in [-0.2, -0.15) is 0 Å². The monoisotopic (exact) mass is 401 g/mol. The van der Waals surface area contributed by atoms with Gasteiger partial charge in [0.05, 0.1) is 23.3 Å². The number of sulfone groups is 1. The molecule has 1 aromatic heterocycles. The first-order valence-corrected chi connectivity index (χ1v) is 12.1. The van der Waals surface area contributed by atoms with E-state index < -0.39 is 9.84 Å². The molecule has 0 aromatic carbocycles. The number of hydrogen-bond donors (Lipinski definition) is 0. The molecule has 2 heterocycles. The highest BCUT2D eigenvalue weighted by molar-refractivity contribution is 7.99. The lowest BCUT2D eigenvalue weighted by molar-refractivity contribution is -0.132. The van der Waals surface area contributed by atoms with Crippen molar-refractivity contribution >= 4 is 27.5 Å². The van der Waals surface area contributed by atoms with Crippen molar-refractivity contribution in [1.82, 2.24) is 25.1 Å². The third-order valence-corrected chi connectivity index (χ3v) is 8.08. The summed E-state index contributed by atoms with van der Waals surface area (Å²) >= 11 is 1.35. The number of rotatable bonds is 7. The van der Waals surface area contributed by atoms with E-state index in [0.717, 1.165) is 19.3 Å². The van der Waals surface area contributed by atoms with Gasteiger partial charge in [0.15, 0.2) is 9.84 Å². The first kappa shape index (κ1) is 19.6. The van der Waals surface area contributed by atoms with E-state index >= 15 is 0 Å². The molecular formula is C16H27N5O3S2. The summed E-state index contributed by atoms with van der Waals surface area (Å²) in [6.45, 7) is 4.00. The number of thioether (sulfide) groups is 1. The van der Waals surface area contributed by atoms with Crippen molar-refractivity contribution in [3.8, 4) is 0 Å². The molecule has 1 saturated carbocycles. The van der Waals surface area contributed by atoms with Crippen LogP contribution in [0.15, 0.2) is 5.16 Å². The molecule has 2 aliphatic rings. The van der Waals surface area contributed by atoms with Crippen LogP contribution < -0.4 is 0 Å². The van der Waals surface area contributed by atoms with Gasteiger partial charge in [-0.05, 0) is 43.0 Å². The Balaban J connectivity index is 1.66. The maximum Gasteiger partial charge on any atom is 0.233 e. The maximum absolute atomic E-state index is 12.9. The Kier molecular flexibility index (Phi) is 6.21. The van der Waals surface area contributed by atoms with Gasteiger partial charge >= 0.3 is 0 Å². The quantitative estimate of drug-likeness (QED) is 0.641. The van der Waals surface area contributed by atoms with Gasteiger partial charge in [0.1, 0.15) is 0 Å². The van der Waals surface area contributed by atoms with E-state index in [2.05, 4.69) is 15.5 Å². The van der Waals surface area contributed by atoms with E-state index in [0.29, 0.717) is 17.6 Å². The first-order chi connectivity index (χ1) is 12.4. The average molecular weight is 402 g/mol. The number of nitrogens with zero attached hydrogens (tertiary/aromatic N) is 5. The van der Waals surface area contributed by atoms with E-state index in [1.165, 1.54) is 24.6 Å². The molecule has 0 spiro atoms. The van der Waals surface area contributed by atoms with Crippen LogP contribution in [0.1, 0.15) is 58.4 Å². The zero-order valence-electron chi connectivity index (χ0n) is 15.4. The lowest BCUT2D eigenvalue weighted by Crippen LogP contribution is -2.47. The lowest BCUT2D eigenvalue weighted by atomic mass is 10.1. The molecule has 0 radical (unpaired) electrons. The predicted octanol–water partition coefficient (Wildman–Crippen LogP) is 1.69. The Morgan fingerprint density at radius 3 is 2.69 bits per heavy atom. The summed E-state index contributed by atoms with van der Waals surface area (Å²) < 4.78 is 25.5. The molecule has 1 aliphatic carbocycles. The number of amides is 1. The maximum atomic E-state index is 12.9. The van der Waals surface area contributed by atoms with Crippen molar-refractivity contribution < 1.29 is 13.2 Å². The van der Waals surface area contributed by atoms with Gasteiger partial charge in [0.2, 0.25) is 11.1 Å². The molecule has 1 aliphatic heterocycles. The Bertz CT molecular complexity index is 730. The molecule has 3 rings (SSSR count). The molecule has 1 saturated heterocycles. The molecule has 2 unspecified atom stereocenters. The van der Waals surface area contributed by atoms with Crippen LogP contribution in [0.4, 0.5) is 0 Å². The van der Waals surface area contributed by atoms with Crippen LogP contribution in [0.25, 0.3) is 0 Å². The topological polar surface area (TPSA) is 98.1 Å². The smallest absolute Gasteiger partial charge is 0.233 e. The standard InChI is InChI=1S/C16H27N5O3S2/c1-3-12(2)20(14-8-9-26(23,24)11-14)15(22)10-25-16-17-18-19-21(16)13-6-4-5-7-13/h12-14H,3-11H2,1-2H3. The highest BCUT2D eigenvalue weighted by Crippen LogP contribution is 2.31. The summed E-state index contributed by atoms with van der Waals surface area (Å²) in [5.74, 6) is 0.444. The summed E-state index contributed by atoms with van der Waals surface area (Å²) in [7, 11) is -3.03.